The highest BCUT2D eigenvalue weighted by molar-refractivity contribution is 5.89. The lowest BCUT2D eigenvalue weighted by atomic mass is 10.2. The Morgan fingerprint density at radius 2 is 2.18 bits per heavy atom. The van der Waals surface area contributed by atoms with E-state index in [0.717, 1.165) is 13.1 Å². The van der Waals surface area contributed by atoms with Gasteiger partial charge in [0.15, 0.2) is 0 Å². The number of hydrogen-bond acceptors (Lipinski definition) is 6. The predicted molar refractivity (Wildman–Crippen MR) is 81.2 cm³/mol. The molecule has 1 N–H and O–H groups in total. The second-order valence-electron chi connectivity index (χ2n) is 5.13. The first-order valence-corrected chi connectivity index (χ1v) is 7.57. The van der Waals surface area contributed by atoms with Crippen LogP contribution in [0.1, 0.15) is 17.3 Å². The van der Waals surface area contributed by atoms with Gasteiger partial charge in [0.05, 0.1) is 25.4 Å². The predicted octanol–water partition coefficient (Wildman–Crippen LogP) is 0.935. The van der Waals surface area contributed by atoms with Crippen LogP contribution in [-0.2, 0) is 9.47 Å². The van der Waals surface area contributed by atoms with Crippen LogP contribution in [0.2, 0.25) is 0 Å². The van der Waals surface area contributed by atoms with Gasteiger partial charge in [-0.15, -0.1) is 0 Å². The zero-order valence-corrected chi connectivity index (χ0v) is 12.9. The number of aliphatic hydroxyl groups is 1. The highest BCUT2D eigenvalue weighted by Gasteiger charge is 2.15. The zero-order chi connectivity index (χ0) is 15.8. The summed E-state index contributed by atoms with van der Waals surface area (Å²) in [6.45, 7) is 5.90. The first-order valence-electron chi connectivity index (χ1n) is 7.57. The van der Waals surface area contributed by atoms with Gasteiger partial charge in [-0.2, -0.15) is 0 Å². The number of aliphatic hydroxyl groups excluding tert-OH is 1. The van der Waals surface area contributed by atoms with Crippen molar-refractivity contribution in [2.45, 2.75) is 13.0 Å². The first kappa shape index (κ1) is 16.7. The molecule has 1 aliphatic rings. The van der Waals surface area contributed by atoms with Gasteiger partial charge >= 0.3 is 5.97 Å². The third kappa shape index (κ3) is 5.29. The highest BCUT2D eigenvalue weighted by atomic mass is 16.5. The van der Waals surface area contributed by atoms with Gasteiger partial charge in [-0.1, -0.05) is 6.07 Å². The molecule has 1 saturated heterocycles. The number of nitrogens with zero attached hydrogens (tertiary/aromatic N) is 1. The molecule has 0 spiro atoms. The van der Waals surface area contributed by atoms with Crippen LogP contribution in [0.25, 0.3) is 0 Å². The normalized spacial score (nSPS) is 17.0. The van der Waals surface area contributed by atoms with Crippen molar-refractivity contribution < 1.29 is 24.1 Å². The number of benzene rings is 1. The molecule has 122 valence electrons. The maximum absolute atomic E-state index is 11.7. The molecule has 0 amide bonds. The van der Waals surface area contributed by atoms with E-state index in [9.17, 15) is 9.90 Å². The Morgan fingerprint density at radius 3 is 2.91 bits per heavy atom. The molecule has 0 aromatic heterocycles. The van der Waals surface area contributed by atoms with Crippen molar-refractivity contribution in [3.63, 3.8) is 0 Å². The van der Waals surface area contributed by atoms with Crippen LogP contribution in [0.15, 0.2) is 24.3 Å². The van der Waals surface area contributed by atoms with Gasteiger partial charge in [0.1, 0.15) is 18.5 Å². The van der Waals surface area contributed by atoms with Crippen LogP contribution in [0.3, 0.4) is 0 Å². The van der Waals surface area contributed by atoms with Gasteiger partial charge in [-0.05, 0) is 25.1 Å². The van der Waals surface area contributed by atoms with Crippen LogP contribution < -0.4 is 4.74 Å². The Labute approximate surface area is 130 Å². The van der Waals surface area contributed by atoms with Gasteiger partial charge in [-0.25, -0.2) is 4.79 Å². The Kier molecular flexibility index (Phi) is 6.64. The van der Waals surface area contributed by atoms with Crippen molar-refractivity contribution in [2.75, 3.05) is 46.1 Å². The molecule has 22 heavy (non-hydrogen) atoms. The van der Waals surface area contributed by atoms with Crippen LogP contribution in [0.4, 0.5) is 0 Å². The maximum Gasteiger partial charge on any atom is 0.338 e. The fourth-order valence-corrected chi connectivity index (χ4v) is 2.25. The first-order chi connectivity index (χ1) is 10.7. The second kappa shape index (κ2) is 8.73. The van der Waals surface area contributed by atoms with Crippen LogP contribution in [-0.4, -0.2) is 68.1 Å². The molecule has 6 heteroatoms. The summed E-state index contributed by atoms with van der Waals surface area (Å²) in [7, 11) is 0. The number of morpholine rings is 1. The van der Waals surface area contributed by atoms with E-state index in [0.29, 0.717) is 37.7 Å². The lowest BCUT2D eigenvalue weighted by molar-refractivity contribution is 0.00465. The summed E-state index contributed by atoms with van der Waals surface area (Å²) < 4.78 is 15.8. The van der Waals surface area contributed by atoms with E-state index < -0.39 is 6.10 Å². The molecule has 1 aromatic rings. The number of β-amino-alcohol motifs (C(OH)–C–C–N with tert-alkyl or cyclic N) is 1. The third-order valence-corrected chi connectivity index (χ3v) is 3.36. The van der Waals surface area contributed by atoms with Crippen molar-refractivity contribution in [2.24, 2.45) is 0 Å². The standard InChI is InChI=1S/C16H23NO5/c1-2-21-16(19)13-4-3-5-15(10-13)22-12-14(18)11-17-6-8-20-9-7-17/h3-5,10,14,18H,2,6-9,11-12H2,1H3/t14-/m1/s1. The molecule has 1 aromatic carbocycles. The summed E-state index contributed by atoms with van der Waals surface area (Å²) in [5, 5.41) is 10.0. The molecule has 6 nitrogen and oxygen atoms in total. The van der Waals surface area contributed by atoms with E-state index in [4.69, 9.17) is 14.2 Å². The van der Waals surface area contributed by atoms with Gasteiger partial charge in [-0.3, -0.25) is 4.90 Å². The van der Waals surface area contributed by atoms with E-state index in [1.807, 2.05) is 0 Å². The molecule has 1 aliphatic heterocycles. The number of rotatable bonds is 7. The topological polar surface area (TPSA) is 68.2 Å². The molecule has 1 atom stereocenters. The second-order valence-corrected chi connectivity index (χ2v) is 5.13. The molecular formula is C16H23NO5. The van der Waals surface area contributed by atoms with Crippen LogP contribution in [0.5, 0.6) is 5.75 Å². The van der Waals surface area contributed by atoms with E-state index in [1.54, 1.807) is 31.2 Å². The Balaban J connectivity index is 1.80. The van der Waals surface area contributed by atoms with Gasteiger partial charge < -0.3 is 19.3 Å². The summed E-state index contributed by atoms with van der Waals surface area (Å²) in [4.78, 5) is 13.8. The largest absolute Gasteiger partial charge is 0.491 e. The Hall–Kier alpha value is -1.63. The summed E-state index contributed by atoms with van der Waals surface area (Å²) >= 11 is 0. The Morgan fingerprint density at radius 1 is 1.41 bits per heavy atom. The van der Waals surface area contributed by atoms with Gasteiger partial charge in [0, 0.05) is 19.6 Å². The summed E-state index contributed by atoms with van der Waals surface area (Å²) in [6.07, 6.45) is -0.579. The van der Waals surface area contributed by atoms with Crippen molar-refractivity contribution in [1.29, 1.82) is 0 Å². The molecule has 0 bridgehead atoms. The molecule has 0 radical (unpaired) electrons. The zero-order valence-electron chi connectivity index (χ0n) is 12.9. The molecule has 1 heterocycles. The number of carbonyl (C=O) groups is 1. The Bertz CT molecular complexity index is 473. The quantitative estimate of drug-likeness (QED) is 0.756. The van der Waals surface area contributed by atoms with E-state index >= 15 is 0 Å². The summed E-state index contributed by atoms with van der Waals surface area (Å²) in [5.41, 5.74) is 0.446. The number of esters is 1. The van der Waals surface area contributed by atoms with Crippen molar-refractivity contribution >= 4 is 5.97 Å². The molecular weight excluding hydrogens is 286 g/mol. The minimum atomic E-state index is -0.579. The minimum Gasteiger partial charge on any atom is -0.491 e. The van der Waals surface area contributed by atoms with E-state index in [1.165, 1.54) is 0 Å². The molecule has 0 unspecified atom stereocenters. The van der Waals surface area contributed by atoms with Crippen molar-refractivity contribution in [3.05, 3.63) is 29.8 Å². The molecule has 0 saturated carbocycles. The average molecular weight is 309 g/mol. The summed E-state index contributed by atoms with van der Waals surface area (Å²) in [5.74, 6) is 0.174. The van der Waals surface area contributed by atoms with Crippen molar-refractivity contribution in [3.8, 4) is 5.75 Å². The fraction of sp³-hybridized carbons (Fsp3) is 0.562. The monoisotopic (exact) mass is 309 g/mol. The lowest BCUT2D eigenvalue weighted by Gasteiger charge is -2.28. The number of ether oxygens (including phenoxy) is 3. The smallest absolute Gasteiger partial charge is 0.338 e. The van der Waals surface area contributed by atoms with Gasteiger partial charge in [0.25, 0.3) is 0 Å². The fourth-order valence-electron chi connectivity index (χ4n) is 2.25. The van der Waals surface area contributed by atoms with E-state index in [2.05, 4.69) is 4.90 Å². The molecule has 1 fully saturated rings. The maximum atomic E-state index is 11.7. The molecule has 2 rings (SSSR count). The van der Waals surface area contributed by atoms with Gasteiger partial charge in [0.2, 0.25) is 0 Å². The minimum absolute atomic E-state index is 0.184. The third-order valence-electron chi connectivity index (χ3n) is 3.36. The highest BCUT2D eigenvalue weighted by Crippen LogP contribution is 2.14. The average Bonchev–Trinajstić information content (AvgIpc) is 2.54. The number of carbonyl (C=O) groups excluding carboxylic acids is 1. The van der Waals surface area contributed by atoms with E-state index in [-0.39, 0.29) is 12.6 Å². The molecule has 0 aliphatic carbocycles. The van der Waals surface area contributed by atoms with Crippen LogP contribution in [0, 0.1) is 0 Å². The number of hydrogen-bond donors (Lipinski definition) is 1. The van der Waals surface area contributed by atoms with Crippen LogP contribution >= 0.6 is 0 Å². The lowest BCUT2D eigenvalue weighted by Crippen LogP contribution is -2.42. The van der Waals surface area contributed by atoms with Crippen molar-refractivity contribution in [1.82, 2.24) is 4.90 Å². The SMILES string of the molecule is CCOC(=O)c1cccc(OC[C@H](O)CN2CCOCC2)c1. The summed E-state index contributed by atoms with van der Waals surface area (Å²) in [6, 6.07) is 6.79.